The maximum absolute atomic E-state index is 10.9. The smallest absolute Gasteiger partial charge is 0.337 e. The van der Waals surface area contributed by atoms with Gasteiger partial charge in [0.25, 0.3) is 0 Å². The highest BCUT2D eigenvalue weighted by Crippen LogP contribution is 2.26. The van der Waals surface area contributed by atoms with Crippen molar-refractivity contribution in [1.29, 1.82) is 10.5 Å². The first kappa shape index (κ1) is 12.8. The lowest BCUT2D eigenvalue weighted by Crippen LogP contribution is -2.03. The number of carboxylic acid groups (broad SMARTS) is 1. The Hall–Kier alpha value is -2.31. The van der Waals surface area contributed by atoms with Crippen LogP contribution in [0.2, 0.25) is 0 Å². The number of anilines is 1. The topological polar surface area (TPSA) is 96.9 Å². The number of para-hydroxylation sites is 1. The predicted octanol–water partition coefficient (Wildman–Crippen LogP) is 2.49. The fourth-order valence-electron chi connectivity index (χ4n) is 1.08. The van der Waals surface area contributed by atoms with Crippen molar-refractivity contribution in [3.63, 3.8) is 0 Å². The van der Waals surface area contributed by atoms with Gasteiger partial charge >= 0.3 is 5.97 Å². The second kappa shape index (κ2) is 5.69. The molecule has 2 N–H and O–H groups in total. The minimum absolute atomic E-state index is 0.0471. The number of allylic oxidation sites excluding steroid dienone is 1. The lowest BCUT2D eigenvalue weighted by Gasteiger charge is -2.07. The summed E-state index contributed by atoms with van der Waals surface area (Å²) < 4.78 is 0.531. The lowest BCUT2D eigenvalue weighted by molar-refractivity contribution is 0.0698. The molecule has 0 aliphatic rings. The van der Waals surface area contributed by atoms with E-state index in [1.165, 1.54) is 6.07 Å². The third kappa shape index (κ3) is 3.07. The average Bonchev–Trinajstić information content (AvgIpc) is 2.31. The van der Waals surface area contributed by atoms with Crippen LogP contribution in [-0.4, -0.2) is 11.1 Å². The molecule has 0 saturated heterocycles. The number of aromatic carboxylic acids is 1. The summed E-state index contributed by atoms with van der Waals surface area (Å²) in [7, 11) is 0. The molecule has 0 amide bonds. The van der Waals surface area contributed by atoms with Crippen molar-refractivity contribution in [3.05, 3.63) is 40.0 Å². The molecule has 0 bridgehead atoms. The Kier molecular flexibility index (Phi) is 4.27. The molecule has 1 aromatic rings. The van der Waals surface area contributed by atoms with E-state index >= 15 is 0 Å². The number of carboxylic acids is 1. The Balaban J connectivity index is 3.16. The van der Waals surface area contributed by atoms with Crippen LogP contribution in [-0.2, 0) is 0 Å². The maximum atomic E-state index is 10.9. The van der Waals surface area contributed by atoms with E-state index < -0.39 is 5.97 Å². The molecule has 0 fully saturated rings. The standard InChI is InChI=1S/C11H6BrN3O2/c12-9-3-1-2-8(11(16)17)10(9)15-6-7(4-13)5-14/h1-3,6,15H,(H,16,17). The Morgan fingerprint density at radius 3 is 2.59 bits per heavy atom. The first-order valence-electron chi connectivity index (χ1n) is 4.39. The summed E-state index contributed by atoms with van der Waals surface area (Å²) in [6, 6.07) is 7.98. The first-order chi connectivity index (χ1) is 8.10. The highest BCUT2D eigenvalue weighted by Gasteiger charge is 2.11. The molecule has 84 valence electrons. The van der Waals surface area contributed by atoms with Crippen molar-refractivity contribution in [2.45, 2.75) is 0 Å². The molecular weight excluding hydrogens is 286 g/mol. The molecule has 5 nitrogen and oxygen atoms in total. The van der Waals surface area contributed by atoms with E-state index in [1.807, 2.05) is 0 Å². The van der Waals surface area contributed by atoms with Gasteiger partial charge in [0.2, 0.25) is 0 Å². The molecular formula is C11H6BrN3O2. The van der Waals surface area contributed by atoms with Crippen LogP contribution in [0.15, 0.2) is 34.4 Å². The van der Waals surface area contributed by atoms with Gasteiger partial charge in [-0.05, 0) is 28.1 Å². The Bertz CT molecular complexity index is 551. The summed E-state index contributed by atoms with van der Waals surface area (Å²) in [6.45, 7) is 0. The molecule has 0 aromatic heterocycles. The summed E-state index contributed by atoms with van der Waals surface area (Å²) in [4.78, 5) is 10.9. The van der Waals surface area contributed by atoms with Crippen molar-refractivity contribution in [2.75, 3.05) is 5.32 Å². The third-order valence-electron chi connectivity index (χ3n) is 1.85. The fourth-order valence-corrected chi connectivity index (χ4v) is 1.56. The normalized spacial score (nSPS) is 8.65. The number of halogens is 1. The molecule has 0 saturated carbocycles. The van der Waals surface area contributed by atoms with Gasteiger partial charge < -0.3 is 10.4 Å². The quantitative estimate of drug-likeness (QED) is 0.834. The summed E-state index contributed by atoms with van der Waals surface area (Å²) in [6.07, 6.45) is 1.16. The van der Waals surface area contributed by atoms with Crippen LogP contribution in [0, 0.1) is 22.7 Å². The summed E-state index contributed by atoms with van der Waals surface area (Å²) in [5.41, 5.74) is 0.200. The largest absolute Gasteiger partial charge is 0.478 e. The summed E-state index contributed by atoms with van der Waals surface area (Å²) >= 11 is 3.19. The van der Waals surface area contributed by atoms with Crippen LogP contribution in [0.5, 0.6) is 0 Å². The van der Waals surface area contributed by atoms with Gasteiger partial charge in [-0.25, -0.2) is 4.79 Å². The van der Waals surface area contributed by atoms with Crippen molar-refractivity contribution < 1.29 is 9.90 Å². The van der Waals surface area contributed by atoms with Crippen molar-refractivity contribution in [3.8, 4) is 12.1 Å². The molecule has 0 atom stereocenters. The number of nitrogens with zero attached hydrogens (tertiary/aromatic N) is 2. The van der Waals surface area contributed by atoms with Crippen LogP contribution in [0.3, 0.4) is 0 Å². The Labute approximate surface area is 106 Å². The molecule has 0 spiro atoms. The molecule has 1 aromatic carbocycles. The number of hydrogen-bond acceptors (Lipinski definition) is 4. The summed E-state index contributed by atoms with van der Waals surface area (Å²) in [5, 5.41) is 28.7. The zero-order valence-electron chi connectivity index (χ0n) is 8.44. The van der Waals surface area contributed by atoms with Crippen LogP contribution in [0.1, 0.15) is 10.4 Å². The number of nitrogens with one attached hydrogen (secondary N) is 1. The van der Waals surface area contributed by atoms with Crippen molar-refractivity contribution in [2.24, 2.45) is 0 Å². The molecule has 0 heterocycles. The van der Waals surface area contributed by atoms with Gasteiger partial charge in [-0.2, -0.15) is 10.5 Å². The van der Waals surface area contributed by atoms with Crippen LogP contribution in [0.25, 0.3) is 0 Å². The van der Waals surface area contributed by atoms with E-state index in [4.69, 9.17) is 15.6 Å². The molecule has 0 aliphatic heterocycles. The highest BCUT2D eigenvalue weighted by molar-refractivity contribution is 9.10. The predicted molar refractivity (Wildman–Crippen MR) is 64.0 cm³/mol. The van der Waals surface area contributed by atoms with Gasteiger partial charge in [-0.1, -0.05) is 6.07 Å². The van der Waals surface area contributed by atoms with Gasteiger partial charge in [0, 0.05) is 10.7 Å². The summed E-state index contributed by atoms with van der Waals surface area (Å²) in [5.74, 6) is -1.10. The monoisotopic (exact) mass is 291 g/mol. The number of benzene rings is 1. The van der Waals surface area contributed by atoms with Gasteiger partial charge in [0.15, 0.2) is 0 Å². The third-order valence-corrected chi connectivity index (χ3v) is 2.51. The zero-order chi connectivity index (χ0) is 12.8. The molecule has 1 rings (SSSR count). The Morgan fingerprint density at radius 2 is 2.06 bits per heavy atom. The highest BCUT2D eigenvalue weighted by atomic mass is 79.9. The molecule has 0 aliphatic carbocycles. The maximum Gasteiger partial charge on any atom is 0.337 e. The van der Waals surface area contributed by atoms with E-state index in [0.29, 0.717) is 10.2 Å². The number of hydrogen-bond donors (Lipinski definition) is 2. The van der Waals surface area contributed by atoms with E-state index in [2.05, 4.69) is 21.2 Å². The van der Waals surface area contributed by atoms with Gasteiger partial charge in [0.05, 0.1) is 11.3 Å². The minimum atomic E-state index is -1.10. The fraction of sp³-hybridized carbons (Fsp3) is 0. The number of nitriles is 2. The molecule has 0 unspecified atom stereocenters. The van der Waals surface area contributed by atoms with Crippen LogP contribution < -0.4 is 5.32 Å². The Morgan fingerprint density at radius 1 is 1.41 bits per heavy atom. The first-order valence-corrected chi connectivity index (χ1v) is 5.18. The lowest BCUT2D eigenvalue weighted by atomic mass is 10.2. The average molecular weight is 292 g/mol. The second-order valence-corrected chi connectivity index (χ2v) is 3.75. The second-order valence-electron chi connectivity index (χ2n) is 2.89. The minimum Gasteiger partial charge on any atom is -0.478 e. The van der Waals surface area contributed by atoms with E-state index in [9.17, 15) is 4.79 Å². The molecule has 0 radical (unpaired) electrons. The van der Waals surface area contributed by atoms with Crippen molar-refractivity contribution in [1.82, 2.24) is 0 Å². The van der Waals surface area contributed by atoms with Crippen molar-refractivity contribution >= 4 is 27.6 Å². The molecule has 6 heteroatoms. The zero-order valence-corrected chi connectivity index (χ0v) is 10.0. The van der Waals surface area contributed by atoms with Gasteiger partial charge in [-0.3, -0.25) is 0 Å². The number of carbonyl (C=O) groups is 1. The van der Waals surface area contributed by atoms with Gasteiger partial charge in [-0.15, -0.1) is 0 Å². The molecule has 17 heavy (non-hydrogen) atoms. The number of rotatable bonds is 3. The van der Waals surface area contributed by atoms with Crippen LogP contribution in [0.4, 0.5) is 5.69 Å². The van der Waals surface area contributed by atoms with Crippen LogP contribution >= 0.6 is 15.9 Å². The van der Waals surface area contributed by atoms with E-state index in [0.717, 1.165) is 6.20 Å². The van der Waals surface area contributed by atoms with Gasteiger partial charge in [0.1, 0.15) is 17.7 Å². The van der Waals surface area contributed by atoms with E-state index in [-0.39, 0.29) is 11.1 Å². The van der Waals surface area contributed by atoms with E-state index in [1.54, 1.807) is 24.3 Å². The SMILES string of the molecule is N#CC(C#N)=CNc1c(Br)cccc1C(=O)O.